The van der Waals surface area contributed by atoms with Gasteiger partial charge in [0.05, 0.1) is 44.1 Å². The Bertz CT molecular complexity index is 1660. The monoisotopic (exact) mass is 510 g/mol. The fourth-order valence-corrected chi connectivity index (χ4v) is 4.59. The number of imidazole rings is 1. The Morgan fingerprint density at radius 1 is 0.763 bits per heavy atom. The summed E-state index contributed by atoms with van der Waals surface area (Å²) in [6, 6.07) is 22.6. The molecule has 0 saturated heterocycles. The summed E-state index contributed by atoms with van der Waals surface area (Å²) in [5.74, 6) is 0.271. The number of aromatic nitrogens is 2. The van der Waals surface area contributed by atoms with Crippen LogP contribution in [0.2, 0.25) is 0 Å². The van der Waals surface area contributed by atoms with Crippen molar-refractivity contribution in [3.05, 3.63) is 101 Å². The van der Waals surface area contributed by atoms with Crippen molar-refractivity contribution in [1.82, 2.24) is 8.97 Å². The lowest BCUT2D eigenvalue weighted by Crippen LogP contribution is -2.13. The lowest BCUT2D eigenvalue weighted by atomic mass is 10.1. The van der Waals surface area contributed by atoms with E-state index in [1.54, 1.807) is 84.7 Å². The SMILES string of the molecule is CCOC(=O)c1cc(C(=O)c2ccc(OC)cc2)n2c3ccccc3n(CC(=O)c3ccc(OC)cc3)c12. The average Bonchev–Trinajstić information content (AvgIpc) is 3.49. The maximum atomic E-state index is 13.7. The second kappa shape index (κ2) is 10.3. The number of hydrogen-bond acceptors (Lipinski definition) is 6. The molecular weight excluding hydrogens is 484 g/mol. The van der Waals surface area contributed by atoms with Gasteiger partial charge in [-0.25, -0.2) is 4.79 Å². The number of para-hydroxylation sites is 2. The first-order valence-corrected chi connectivity index (χ1v) is 12.1. The second-order valence-corrected chi connectivity index (χ2v) is 8.61. The molecule has 8 heteroatoms. The molecule has 0 atom stereocenters. The number of methoxy groups -OCH3 is 2. The van der Waals surface area contributed by atoms with E-state index in [1.807, 2.05) is 24.3 Å². The molecule has 0 aliphatic rings. The standard InChI is InChI=1S/C30H26N2O6/c1-4-38-30(35)23-17-26(28(34)20-11-15-22(37-3)16-12-20)32-25-8-6-5-7-24(25)31(29(23)32)18-27(33)19-9-13-21(36-2)14-10-19/h5-17H,4,18H2,1-3H3. The number of ether oxygens (including phenoxy) is 3. The number of ketones is 2. The number of nitrogens with zero attached hydrogens (tertiary/aromatic N) is 2. The highest BCUT2D eigenvalue weighted by atomic mass is 16.5. The average molecular weight is 511 g/mol. The van der Waals surface area contributed by atoms with Crippen molar-refractivity contribution in [3.63, 3.8) is 0 Å². The van der Waals surface area contributed by atoms with E-state index in [9.17, 15) is 14.4 Å². The first-order valence-electron chi connectivity index (χ1n) is 12.1. The number of benzene rings is 3. The van der Waals surface area contributed by atoms with E-state index in [0.29, 0.717) is 45.0 Å². The number of carbonyl (C=O) groups is 3. The Hall–Kier alpha value is -4.85. The summed E-state index contributed by atoms with van der Waals surface area (Å²) in [6.07, 6.45) is 0. The third-order valence-corrected chi connectivity index (χ3v) is 6.44. The molecule has 0 saturated carbocycles. The minimum atomic E-state index is -0.570. The molecule has 0 radical (unpaired) electrons. The van der Waals surface area contributed by atoms with E-state index < -0.39 is 5.97 Å². The summed E-state index contributed by atoms with van der Waals surface area (Å²) in [5.41, 5.74) is 3.26. The van der Waals surface area contributed by atoms with Crippen molar-refractivity contribution < 1.29 is 28.6 Å². The van der Waals surface area contributed by atoms with E-state index in [1.165, 1.54) is 0 Å². The molecule has 0 bridgehead atoms. The van der Waals surface area contributed by atoms with Crippen LogP contribution in [0.15, 0.2) is 78.9 Å². The number of fused-ring (bicyclic) bond motifs is 3. The zero-order valence-corrected chi connectivity index (χ0v) is 21.3. The molecule has 192 valence electrons. The number of Topliss-reactive ketones (excluding diaryl/α,β-unsaturated/α-hetero) is 1. The normalized spacial score (nSPS) is 11.0. The van der Waals surface area contributed by atoms with Crippen molar-refractivity contribution in [1.29, 1.82) is 0 Å². The van der Waals surface area contributed by atoms with Crippen LogP contribution in [0.1, 0.15) is 43.7 Å². The fourth-order valence-electron chi connectivity index (χ4n) is 4.59. The van der Waals surface area contributed by atoms with E-state index in [0.717, 1.165) is 0 Å². The summed E-state index contributed by atoms with van der Waals surface area (Å²) in [4.78, 5) is 40.2. The maximum absolute atomic E-state index is 13.7. The van der Waals surface area contributed by atoms with Crippen molar-refractivity contribution in [2.24, 2.45) is 0 Å². The van der Waals surface area contributed by atoms with Gasteiger partial charge in [0.25, 0.3) is 0 Å². The van der Waals surface area contributed by atoms with E-state index in [4.69, 9.17) is 14.2 Å². The number of esters is 1. The summed E-state index contributed by atoms with van der Waals surface area (Å²) in [5, 5.41) is 0. The molecule has 3 aromatic carbocycles. The highest BCUT2D eigenvalue weighted by Gasteiger charge is 2.27. The largest absolute Gasteiger partial charge is 0.497 e. The molecule has 0 amide bonds. The van der Waals surface area contributed by atoms with Gasteiger partial charge >= 0.3 is 5.97 Å². The minimum Gasteiger partial charge on any atom is -0.497 e. The van der Waals surface area contributed by atoms with Crippen LogP contribution in [0, 0.1) is 0 Å². The topological polar surface area (TPSA) is 88.2 Å². The predicted octanol–water partition coefficient (Wildman–Crippen LogP) is 5.20. The van der Waals surface area contributed by atoms with Crippen LogP contribution in [0.4, 0.5) is 0 Å². The van der Waals surface area contributed by atoms with Crippen LogP contribution >= 0.6 is 0 Å². The van der Waals surface area contributed by atoms with Crippen molar-refractivity contribution in [2.45, 2.75) is 13.5 Å². The molecular formula is C30H26N2O6. The lowest BCUT2D eigenvalue weighted by molar-refractivity contribution is 0.0528. The molecule has 0 aliphatic heterocycles. The summed E-state index contributed by atoms with van der Waals surface area (Å²) in [7, 11) is 3.12. The van der Waals surface area contributed by atoms with Crippen LogP contribution in [0.3, 0.4) is 0 Å². The summed E-state index contributed by atoms with van der Waals surface area (Å²) in [6.45, 7) is 1.84. The van der Waals surface area contributed by atoms with Gasteiger partial charge in [0.2, 0.25) is 5.78 Å². The predicted molar refractivity (Wildman–Crippen MR) is 143 cm³/mol. The van der Waals surface area contributed by atoms with Crippen molar-refractivity contribution >= 4 is 34.2 Å². The third kappa shape index (κ3) is 4.30. The second-order valence-electron chi connectivity index (χ2n) is 8.61. The molecule has 38 heavy (non-hydrogen) atoms. The third-order valence-electron chi connectivity index (χ3n) is 6.44. The molecule has 8 nitrogen and oxygen atoms in total. The lowest BCUT2D eigenvalue weighted by Gasteiger charge is -2.08. The van der Waals surface area contributed by atoms with Gasteiger partial charge in [-0.15, -0.1) is 0 Å². The van der Waals surface area contributed by atoms with Gasteiger partial charge in [0, 0.05) is 11.1 Å². The van der Waals surface area contributed by atoms with Crippen LogP contribution in [-0.4, -0.2) is 47.3 Å². The van der Waals surface area contributed by atoms with Gasteiger partial charge in [0.1, 0.15) is 22.7 Å². The van der Waals surface area contributed by atoms with Crippen LogP contribution < -0.4 is 9.47 Å². The van der Waals surface area contributed by atoms with Crippen LogP contribution in [-0.2, 0) is 11.3 Å². The Kier molecular flexibility index (Phi) is 6.70. The van der Waals surface area contributed by atoms with Gasteiger partial charge in [-0.3, -0.25) is 14.0 Å². The molecule has 0 fully saturated rings. The highest BCUT2D eigenvalue weighted by Crippen LogP contribution is 2.30. The van der Waals surface area contributed by atoms with E-state index in [-0.39, 0.29) is 30.3 Å². The van der Waals surface area contributed by atoms with Gasteiger partial charge in [0.15, 0.2) is 5.78 Å². The van der Waals surface area contributed by atoms with E-state index >= 15 is 0 Å². The first-order chi connectivity index (χ1) is 18.5. The molecule has 0 N–H and O–H groups in total. The summed E-state index contributed by atoms with van der Waals surface area (Å²) < 4.78 is 19.2. The fraction of sp³-hybridized carbons (Fsp3) is 0.167. The van der Waals surface area contributed by atoms with E-state index in [2.05, 4.69) is 0 Å². The van der Waals surface area contributed by atoms with Gasteiger partial charge in [-0.2, -0.15) is 0 Å². The Labute approximate surface area is 219 Å². The Balaban J connectivity index is 1.70. The number of hydrogen-bond donors (Lipinski definition) is 0. The number of carbonyl (C=O) groups excluding carboxylic acids is 3. The molecule has 0 spiro atoms. The molecule has 5 aromatic rings. The van der Waals surface area contributed by atoms with Gasteiger partial charge in [-0.05, 0) is 73.7 Å². The molecule has 5 rings (SSSR count). The molecule has 0 aliphatic carbocycles. The molecule has 2 heterocycles. The maximum Gasteiger partial charge on any atom is 0.341 e. The van der Waals surface area contributed by atoms with Gasteiger partial charge in [-0.1, -0.05) is 12.1 Å². The van der Waals surface area contributed by atoms with Crippen LogP contribution in [0.25, 0.3) is 16.7 Å². The Morgan fingerprint density at radius 3 is 1.92 bits per heavy atom. The highest BCUT2D eigenvalue weighted by molar-refractivity contribution is 6.13. The molecule has 0 unspecified atom stereocenters. The minimum absolute atomic E-state index is 0.0457. The molecule has 2 aromatic heterocycles. The zero-order chi connectivity index (χ0) is 26.8. The zero-order valence-electron chi connectivity index (χ0n) is 21.3. The Morgan fingerprint density at radius 2 is 1.34 bits per heavy atom. The quantitative estimate of drug-likeness (QED) is 0.200. The summed E-state index contributed by atoms with van der Waals surface area (Å²) >= 11 is 0. The van der Waals surface area contributed by atoms with Crippen molar-refractivity contribution in [3.8, 4) is 11.5 Å². The first kappa shape index (κ1) is 24.8. The number of rotatable bonds is 9. The van der Waals surface area contributed by atoms with Crippen LogP contribution in [0.5, 0.6) is 11.5 Å². The smallest absolute Gasteiger partial charge is 0.341 e. The van der Waals surface area contributed by atoms with Crippen molar-refractivity contribution in [2.75, 3.05) is 20.8 Å². The van der Waals surface area contributed by atoms with Gasteiger partial charge < -0.3 is 18.8 Å².